The topological polar surface area (TPSA) is 15.3 Å². The van der Waals surface area contributed by atoms with Gasteiger partial charge >= 0.3 is 0 Å². The first-order valence-electron chi connectivity index (χ1n) is 7.89. The maximum Gasteiger partial charge on any atom is 0.00956 e. The average Bonchev–Trinajstić information content (AvgIpc) is 2.78. The second-order valence-corrected chi connectivity index (χ2v) is 7.21. The fraction of sp³-hybridized carbons (Fsp3) is 1.00. The molecule has 0 saturated heterocycles. The lowest BCUT2D eigenvalue weighted by atomic mass is 9.91. The molecule has 1 saturated carbocycles. The molecule has 0 radical (unpaired) electrons. The van der Waals surface area contributed by atoms with Gasteiger partial charge in [-0.15, -0.1) is 0 Å². The van der Waals surface area contributed by atoms with E-state index in [0.717, 1.165) is 25.0 Å². The molecule has 0 aromatic heterocycles. The van der Waals surface area contributed by atoms with Crippen molar-refractivity contribution in [3.8, 4) is 0 Å². The SMILES string of the molecule is CCNCC(C)(C)CN(CC(C)C)C1CCCC1. The Hall–Kier alpha value is -0.0800. The molecule has 1 aliphatic rings. The van der Waals surface area contributed by atoms with E-state index in [2.05, 4.69) is 44.8 Å². The Bertz CT molecular complexity index is 217. The van der Waals surface area contributed by atoms with Crippen LogP contribution in [-0.4, -0.2) is 37.1 Å². The Morgan fingerprint density at radius 3 is 2.33 bits per heavy atom. The number of rotatable bonds is 8. The Morgan fingerprint density at radius 1 is 1.22 bits per heavy atom. The maximum absolute atomic E-state index is 3.51. The molecule has 2 nitrogen and oxygen atoms in total. The summed E-state index contributed by atoms with van der Waals surface area (Å²) in [6, 6.07) is 0.855. The van der Waals surface area contributed by atoms with Gasteiger partial charge in [0.05, 0.1) is 0 Å². The van der Waals surface area contributed by atoms with E-state index in [4.69, 9.17) is 0 Å². The standard InChI is InChI=1S/C16H34N2/c1-6-17-12-16(4,5)13-18(11-14(2)3)15-9-7-8-10-15/h14-15,17H,6-13H2,1-5H3. The predicted molar refractivity (Wildman–Crippen MR) is 81.0 cm³/mol. The minimum absolute atomic E-state index is 0.382. The van der Waals surface area contributed by atoms with Gasteiger partial charge in [-0.25, -0.2) is 0 Å². The third-order valence-corrected chi connectivity index (χ3v) is 3.93. The summed E-state index contributed by atoms with van der Waals surface area (Å²) >= 11 is 0. The summed E-state index contributed by atoms with van der Waals surface area (Å²) in [6.07, 6.45) is 5.72. The first-order chi connectivity index (χ1) is 8.44. The first-order valence-corrected chi connectivity index (χ1v) is 7.89. The molecule has 1 rings (SSSR count). The van der Waals surface area contributed by atoms with Gasteiger partial charge in [0.25, 0.3) is 0 Å². The maximum atomic E-state index is 3.51. The van der Waals surface area contributed by atoms with Gasteiger partial charge in [-0.1, -0.05) is 47.5 Å². The van der Waals surface area contributed by atoms with E-state index in [9.17, 15) is 0 Å². The van der Waals surface area contributed by atoms with Crippen molar-refractivity contribution in [2.45, 2.75) is 66.3 Å². The highest BCUT2D eigenvalue weighted by atomic mass is 15.2. The molecule has 1 fully saturated rings. The van der Waals surface area contributed by atoms with E-state index in [1.165, 1.54) is 38.8 Å². The summed E-state index contributed by atoms with van der Waals surface area (Å²) in [5, 5.41) is 3.51. The van der Waals surface area contributed by atoms with Gasteiger partial charge in [0.2, 0.25) is 0 Å². The fourth-order valence-corrected chi connectivity index (χ4v) is 3.15. The van der Waals surface area contributed by atoms with Crippen LogP contribution in [0.3, 0.4) is 0 Å². The Balaban J connectivity index is 2.53. The summed E-state index contributed by atoms with van der Waals surface area (Å²) in [5.41, 5.74) is 0.382. The molecule has 108 valence electrons. The van der Waals surface area contributed by atoms with E-state index in [-0.39, 0.29) is 0 Å². The van der Waals surface area contributed by atoms with E-state index in [1.54, 1.807) is 0 Å². The Labute approximate surface area is 115 Å². The van der Waals surface area contributed by atoms with Gasteiger partial charge in [0, 0.05) is 25.7 Å². The summed E-state index contributed by atoms with van der Waals surface area (Å²) in [4.78, 5) is 2.77. The summed E-state index contributed by atoms with van der Waals surface area (Å²) in [7, 11) is 0. The van der Waals surface area contributed by atoms with Crippen molar-refractivity contribution in [2.75, 3.05) is 26.2 Å². The van der Waals surface area contributed by atoms with Crippen molar-refractivity contribution < 1.29 is 0 Å². The highest BCUT2D eigenvalue weighted by Gasteiger charge is 2.28. The lowest BCUT2D eigenvalue weighted by Gasteiger charge is -2.37. The molecule has 0 bridgehead atoms. The van der Waals surface area contributed by atoms with E-state index in [0.29, 0.717) is 5.41 Å². The van der Waals surface area contributed by atoms with Gasteiger partial charge in [-0.3, -0.25) is 4.90 Å². The molecule has 0 aromatic carbocycles. The quantitative estimate of drug-likeness (QED) is 0.713. The van der Waals surface area contributed by atoms with Gasteiger partial charge in [0.15, 0.2) is 0 Å². The third-order valence-electron chi connectivity index (χ3n) is 3.93. The van der Waals surface area contributed by atoms with Crippen molar-refractivity contribution in [3.05, 3.63) is 0 Å². The van der Waals surface area contributed by atoms with Gasteiger partial charge in [-0.05, 0) is 30.7 Å². The van der Waals surface area contributed by atoms with Crippen LogP contribution in [0.25, 0.3) is 0 Å². The predicted octanol–water partition coefficient (Wildman–Crippen LogP) is 3.52. The summed E-state index contributed by atoms with van der Waals surface area (Å²) in [5.74, 6) is 0.778. The zero-order valence-electron chi connectivity index (χ0n) is 13.3. The van der Waals surface area contributed by atoms with Gasteiger partial charge in [0.1, 0.15) is 0 Å². The fourth-order valence-electron chi connectivity index (χ4n) is 3.15. The Morgan fingerprint density at radius 2 is 1.83 bits per heavy atom. The molecule has 0 unspecified atom stereocenters. The van der Waals surface area contributed by atoms with E-state index < -0.39 is 0 Å². The molecule has 2 heteroatoms. The molecule has 1 N–H and O–H groups in total. The van der Waals surface area contributed by atoms with Crippen molar-refractivity contribution in [2.24, 2.45) is 11.3 Å². The lowest BCUT2D eigenvalue weighted by Crippen LogP contribution is -2.45. The molecule has 0 heterocycles. The zero-order valence-corrected chi connectivity index (χ0v) is 13.3. The van der Waals surface area contributed by atoms with Crippen LogP contribution >= 0.6 is 0 Å². The smallest absolute Gasteiger partial charge is 0.00956 e. The summed E-state index contributed by atoms with van der Waals surface area (Å²) < 4.78 is 0. The van der Waals surface area contributed by atoms with Crippen LogP contribution in [0.5, 0.6) is 0 Å². The molecule has 0 aliphatic heterocycles. The number of nitrogens with zero attached hydrogens (tertiary/aromatic N) is 1. The number of hydrogen-bond donors (Lipinski definition) is 1. The largest absolute Gasteiger partial charge is 0.316 e. The molecule has 0 amide bonds. The van der Waals surface area contributed by atoms with E-state index >= 15 is 0 Å². The van der Waals surface area contributed by atoms with E-state index in [1.807, 2.05) is 0 Å². The van der Waals surface area contributed by atoms with Crippen LogP contribution < -0.4 is 5.32 Å². The zero-order chi connectivity index (χ0) is 13.6. The van der Waals surface area contributed by atoms with Crippen LogP contribution in [0, 0.1) is 11.3 Å². The average molecular weight is 254 g/mol. The molecule has 0 spiro atoms. The third kappa shape index (κ3) is 5.71. The van der Waals surface area contributed by atoms with Crippen molar-refractivity contribution in [1.82, 2.24) is 10.2 Å². The number of hydrogen-bond acceptors (Lipinski definition) is 2. The van der Waals surface area contributed by atoms with Crippen LogP contribution in [0.1, 0.15) is 60.3 Å². The van der Waals surface area contributed by atoms with Crippen molar-refractivity contribution >= 4 is 0 Å². The van der Waals surface area contributed by atoms with Crippen LogP contribution in [0.2, 0.25) is 0 Å². The second kappa shape index (κ2) is 7.49. The highest BCUT2D eigenvalue weighted by molar-refractivity contribution is 4.83. The normalized spacial score (nSPS) is 18.2. The molecular weight excluding hydrogens is 220 g/mol. The van der Waals surface area contributed by atoms with Crippen molar-refractivity contribution in [3.63, 3.8) is 0 Å². The molecule has 0 aromatic rings. The van der Waals surface area contributed by atoms with Crippen LogP contribution in [0.4, 0.5) is 0 Å². The van der Waals surface area contributed by atoms with Crippen molar-refractivity contribution in [1.29, 1.82) is 0 Å². The minimum Gasteiger partial charge on any atom is -0.316 e. The molecule has 0 atom stereocenters. The second-order valence-electron chi connectivity index (χ2n) is 7.21. The first kappa shape index (κ1) is 16.0. The Kier molecular flexibility index (Phi) is 6.65. The lowest BCUT2D eigenvalue weighted by molar-refractivity contribution is 0.115. The van der Waals surface area contributed by atoms with Crippen LogP contribution in [0.15, 0.2) is 0 Å². The van der Waals surface area contributed by atoms with Gasteiger partial charge in [-0.2, -0.15) is 0 Å². The molecule has 1 aliphatic carbocycles. The number of nitrogens with one attached hydrogen (secondary N) is 1. The monoisotopic (exact) mass is 254 g/mol. The molecule has 18 heavy (non-hydrogen) atoms. The van der Waals surface area contributed by atoms with Gasteiger partial charge < -0.3 is 5.32 Å². The molecular formula is C16H34N2. The highest BCUT2D eigenvalue weighted by Crippen LogP contribution is 2.27. The minimum atomic E-state index is 0.382. The summed E-state index contributed by atoms with van der Waals surface area (Å²) in [6.45, 7) is 16.4. The van der Waals surface area contributed by atoms with Crippen LogP contribution in [-0.2, 0) is 0 Å².